The van der Waals surface area contributed by atoms with Gasteiger partial charge in [0, 0.05) is 28.2 Å². The molecule has 0 saturated carbocycles. The highest BCUT2D eigenvalue weighted by Gasteiger charge is 2.20. The lowest BCUT2D eigenvalue weighted by atomic mass is 10.1. The maximum absolute atomic E-state index is 13.1. The number of imidazole rings is 1. The van der Waals surface area contributed by atoms with E-state index >= 15 is 0 Å². The van der Waals surface area contributed by atoms with Crippen LogP contribution in [0.1, 0.15) is 18.8 Å². The van der Waals surface area contributed by atoms with E-state index in [0.29, 0.717) is 11.4 Å². The summed E-state index contributed by atoms with van der Waals surface area (Å²) in [6.45, 7) is 0. The Morgan fingerprint density at radius 2 is 1.89 bits per heavy atom. The van der Waals surface area contributed by atoms with Gasteiger partial charge in [0.2, 0.25) is 11.5 Å². The molecule has 7 heteroatoms. The van der Waals surface area contributed by atoms with Gasteiger partial charge in [-0.15, -0.1) is 0 Å². The molecule has 0 aliphatic rings. The number of rotatable bonds is 6. The van der Waals surface area contributed by atoms with Gasteiger partial charge < -0.3 is 24.2 Å². The number of benzene rings is 2. The third kappa shape index (κ3) is 2.87. The zero-order chi connectivity index (χ0) is 21.4. The zero-order valence-electron chi connectivity index (χ0n) is 17.5. The van der Waals surface area contributed by atoms with Crippen molar-refractivity contribution >= 4 is 16.7 Å². The van der Waals surface area contributed by atoms with Crippen molar-refractivity contribution in [3.05, 3.63) is 60.0 Å². The molecule has 28 heavy (non-hydrogen) atoms. The molecule has 142 valence electrons. The number of methoxy groups -OCH3 is 3. The number of fused-ring (bicyclic) bond motifs is 1. The number of nitrogens with one attached hydrogen (secondary N) is 2. The Kier molecular flexibility index (Phi) is 3.89. The monoisotopic (exact) mass is 379 g/mol. The number of hydrogen-bond acceptors (Lipinski definition) is 5. The standard InChI is InChI=1S/C21H19N3O4/c1-26-17-8-12(9-18(27-2)20(17)28-3)19(25)16-11-23-21(24-16)14-10-22-15-7-5-4-6-13(14)15/h4-11,22H,1-3H3,(H,23,24)/i8D,10D. The van der Waals surface area contributed by atoms with E-state index in [2.05, 4.69) is 15.0 Å². The molecule has 0 fully saturated rings. The summed E-state index contributed by atoms with van der Waals surface area (Å²) in [5.74, 6) is 0.553. The molecule has 0 spiro atoms. The van der Waals surface area contributed by atoms with Gasteiger partial charge in [-0.25, -0.2) is 4.98 Å². The number of aromatic amines is 2. The predicted molar refractivity (Wildman–Crippen MR) is 105 cm³/mol. The maximum atomic E-state index is 13.1. The Bertz CT molecular complexity index is 1260. The molecule has 0 unspecified atom stereocenters. The minimum absolute atomic E-state index is 0.0738. The van der Waals surface area contributed by atoms with Crippen LogP contribution in [0.15, 0.2) is 48.7 Å². The summed E-state index contributed by atoms with van der Waals surface area (Å²) >= 11 is 0. The molecule has 2 N–H and O–H groups in total. The van der Waals surface area contributed by atoms with Crippen LogP contribution < -0.4 is 14.2 Å². The summed E-state index contributed by atoms with van der Waals surface area (Å²) in [5.41, 5.74) is 1.63. The highest BCUT2D eigenvalue weighted by atomic mass is 16.5. The van der Waals surface area contributed by atoms with E-state index in [1.165, 1.54) is 33.6 Å². The van der Waals surface area contributed by atoms with Crippen molar-refractivity contribution in [1.29, 1.82) is 0 Å². The van der Waals surface area contributed by atoms with Gasteiger partial charge >= 0.3 is 0 Å². The first kappa shape index (κ1) is 15.3. The third-order valence-corrected chi connectivity index (χ3v) is 4.40. The fourth-order valence-electron chi connectivity index (χ4n) is 3.04. The molecule has 2 aromatic heterocycles. The molecule has 2 heterocycles. The molecular weight excluding hydrogens is 358 g/mol. The predicted octanol–water partition coefficient (Wildman–Crippen LogP) is 3.81. The van der Waals surface area contributed by atoms with Crippen LogP contribution in [0, 0.1) is 0 Å². The molecule has 0 aliphatic heterocycles. The third-order valence-electron chi connectivity index (χ3n) is 4.40. The second-order valence-electron chi connectivity index (χ2n) is 5.96. The van der Waals surface area contributed by atoms with E-state index in [0.717, 1.165) is 10.9 Å². The molecule has 7 nitrogen and oxygen atoms in total. The average molecular weight is 379 g/mol. The Hall–Kier alpha value is -3.74. The average Bonchev–Trinajstić information content (AvgIpc) is 3.36. The summed E-state index contributed by atoms with van der Waals surface area (Å²) < 4.78 is 32.4. The van der Waals surface area contributed by atoms with Gasteiger partial charge in [0.25, 0.3) is 0 Å². The molecule has 0 amide bonds. The van der Waals surface area contributed by atoms with Crippen molar-refractivity contribution in [3.63, 3.8) is 0 Å². The molecule has 0 saturated heterocycles. The van der Waals surface area contributed by atoms with Crippen molar-refractivity contribution in [2.24, 2.45) is 0 Å². The van der Waals surface area contributed by atoms with E-state index in [-0.39, 0.29) is 40.7 Å². The maximum Gasteiger partial charge on any atom is 0.211 e. The van der Waals surface area contributed by atoms with Gasteiger partial charge in [0.1, 0.15) is 11.5 Å². The Labute approximate surface area is 164 Å². The van der Waals surface area contributed by atoms with Crippen LogP contribution in [-0.2, 0) is 0 Å². The van der Waals surface area contributed by atoms with E-state index in [1.54, 1.807) is 0 Å². The van der Waals surface area contributed by atoms with Crippen molar-refractivity contribution in [1.82, 2.24) is 15.0 Å². The lowest BCUT2D eigenvalue weighted by Crippen LogP contribution is -2.04. The van der Waals surface area contributed by atoms with Crippen LogP contribution in [0.4, 0.5) is 0 Å². The number of carbonyl (C=O) groups is 1. The fraction of sp³-hybridized carbons (Fsp3) is 0.143. The molecule has 2 aromatic carbocycles. The van der Waals surface area contributed by atoms with Crippen molar-refractivity contribution in [2.75, 3.05) is 21.3 Å². The largest absolute Gasteiger partial charge is 0.493 e. The summed E-state index contributed by atoms with van der Waals surface area (Å²) in [5, 5.41) is 0.824. The number of ether oxygens (including phenoxy) is 3. The van der Waals surface area contributed by atoms with Crippen molar-refractivity contribution < 1.29 is 21.7 Å². The van der Waals surface area contributed by atoms with Crippen molar-refractivity contribution in [2.45, 2.75) is 0 Å². The highest BCUT2D eigenvalue weighted by molar-refractivity contribution is 6.09. The summed E-state index contributed by atoms with van der Waals surface area (Å²) in [4.78, 5) is 23.4. The van der Waals surface area contributed by atoms with Gasteiger partial charge in [-0.2, -0.15) is 0 Å². The number of ketones is 1. The second-order valence-corrected chi connectivity index (χ2v) is 5.96. The number of nitrogens with zero attached hydrogens (tertiary/aromatic N) is 1. The van der Waals surface area contributed by atoms with Crippen LogP contribution in [-0.4, -0.2) is 42.1 Å². The van der Waals surface area contributed by atoms with E-state index in [9.17, 15) is 4.79 Å². The van der Waals surface area contributed by atoms with Gasteiger partial charge in [-0.05, 0) is 18.2 Å². The number of carbonyl (C=O) groups excluding carboxylic acids is 1. The number of para-hydroxylation sites is 1. The highest BCUT2D eigenvalue weighted by Crippen LogP contribution is 2.38. The minimum Gasteiger partial charge on any atom is -0.493 e. The molecule has 0 aliphatic carbocycles. The Balaban J connectivity index is 1.79. The van der Waals surface area contributed by atoms with Gasteiger partial charge in [0.05, 0.1) is 30.3 Å². The summed E-state index contributed by atoms with van der Waals surface area (Å²) in [6, 6.07) is 8.81. The normalized spacial score (nSPS) is 11.8. The van der Waals surface area contributed by atoms with Crippen LogP contribution >= 0.6 is 0 Å². The number of aromatic nitrogens is 3. The Morgan fingerprint density at radius 1 is 1.11 bits per heavy atom. The van der Waals surface area contributed by atoms with Crippen LogP contribution in [0.5, 0.6) is 17.2 Å². The second kappa shape index (κ2) is 7.11. The molecule has 0 atom stereocenters. The zero-order valence-corrected chi connectivity index (χ0v) is 15.5. The molecular formula is C21H19N3O4. The smallest absolute Gasteiger partial charge is 0.211 e. The summed E-state index contributed by atoms with van der Waals surface area (Å²) in [6.07, 6.45) is 1.58. The molecule has 0 bridgehead atoms. The van der Waals surface area contributed by atoms with Gasteiger partial charge in [0.15, 0.2) is 11.5 Å². The van der Waals surface area contributed by atoms with Gasteiger partial charge in [-0.3, -0.25) is 4.79 Å². The molecule has 4 rings (SSSR count). The van der Waals surface area contributed by atoms with Crippen molar-refractivity contribution in [3.8, 4) is 28.6 Å². The first-order valence-electron chi connectivity index (χ1n) is 9.47. The topological polar surface area (TPSA) is 89.2 Å². The number of hydrogen-bond donors (Lipinski definition) is 2. The summed E-state index contributed by atoms with van der Waals surface area (Å²) in [7, 11) is 4.27. The van der Waals surface area contributed by atoms with E-state index in [4.69, 9.17) is 17.0 Å². The fourth-order valence-corrected chi connectivity index (χ4v) is 3.04. The lowest BCUT2D eigenvalue weighted by Gasteiger charge is -2.13. The first-order valence-corrected chi connectivity index (χ1v) is 8.47. The lowest BCUT2D eigenvalue weighted by molar-refractivity contribution is 0.103. The van der Waals surface area contributed by atoms with Crippen LogP contribution in [0.3, 0.4) is 0 Å². The van der Waals surface area contributed by atoms with E-state index in [1.807, 2.05) is 24.3 Å². The van der Waals surface area contributed by atoms with Crippen LogP contribution in [0.2, 0.25) is 0 Å². The van der Waals surface area contributed by atoms with Crippen LogP contribution in [0.25, 0.3) is 22.3 Å². The number of H-pyrrole nitrogens is 2. The molecule has 4 aromatic rings. The Morgan fingerprint density at radius 3 is 2.64 bits per heavy atom. The molecule has 0 radical (unpaired) electrons. The quantitative estimate of drug-likeness (QED) is 0.497. The minimum atomic E-state index is -0.454. The van der Waals surface area contributed by atoms with Gasteiger partial charge in [-0.1, -0.05) is 18.2 Å². The SMILES string of the molecule is [2H]c1[nH]c2ccccc2c1-c1ncc(C(=O)c2cc(OC)c(OC)c(OC)c2[2H])[nH]1. The first-order chi connectivity index (χ1) is 14.5. The van der Waals surface area contributed by atoms with E-state index < -0.39 is 5.78 Å².